The summed E-state index contributed by atoms with van der Waals surface area (Å²) in [5, 5.41) is 5.59. The molecule has 0 unspecified atom stereocenters. The minimum atomic E-state index is -4.73. The summed E-state index contributed by atoms with van der Waals surface area (Å²) < 4.78 is 64.1. The molecule has 0 amide bonds. The second kappa shape index (κ2) is 8.95. The lowest BCUT2D eigenvalue weighted by Gasteiger charge is -2.12. The number of aromatic nitrogens is 3. The Hall–Kier alpha value is -3.05. The third kappa shape index (κ3) is 5.20. The number of hydrogen-bond donors (Lipinski definition) is 1. The molecule has 174 valence electrons. The molecule has 0 radical (unpaired) electrons. The van der Waals surface area contributed by atoms with Crippen LogP contribution in [0.25, 0.3) is 33.9 Å². The fraction of sp³-hybridized carbons (Fsp3) is 0.0455. The van der Waals surface area contributed by atoms with Crippen LogP contribution in [0.15, 0.2) is 71.8 Å². The number of nitrogens with zero attached hydrogens (tertiary/aromatic N) is 3. The molecule has 4 aromatic rings. The molecule has 0 aliphatic carbocycles. The average molecular weight is 525 g/mol. The van der Waals surface area contributed by atoms with Crippen molar-refractivity contribution in [3.05, 3.63) is 82.6 Å². The number of benzene rings is 2. The summed E-state index contributed by atoms with van der Waals surface area (Å²) >= 11 is 11.9. The van der Waals surface area contributed by atoms with Crippen molar-refractivity contribution in [1.29, 1.82) is 0 Å². The van der Waals surface area contributed by atoms with Gasteiger partial charge in [-0.2, -0.15) is 13.2 Å². The fourth-order valence-corrected chi connectivity index (χ4v) is 3.94. The maximum atomic E-state index is 13.6. The van der Waals surface area contributed by atoms with E-state index in [0.29, 0.717) is 16.8 Å². The van der Waals surface area contributed by atoms with Crippen LogP contribution >= 0.6 is 23.2 Å². The van der Waals surface area contributed by atoms with E-state index in [9.17, 15) is 21.6 Å². The minimum absolute atomic E-state index is 0.00882. The number of sulfonamides is 1. The SMILES string of the molecule is NS(=O)(=O)c1cccc(-c2cc(-c3nc(-c4ccc(Cl)c(Cl)c4)cc(C(F)(F)F)n3)ccn2)c1. The van der Waals surface area contributed by atoms with Crippen LogP contribution in [0.2, 0.25) is 10.0 Å². The summed E-state index contributed by atoms with van der Waals surface area (Å²) in [5.41, 5.74) is 0.0842. The number of rotatable bonds is 4. The van der Waals surface area contributed by atoms with E-state index in [-0.39, 0.29) is 32.0 Å². The van der Waals surface area contributed by atoms with E-state index in [1.165, 1.54) is 54.7 Å². The number of halogens is 5. The fourth-order valence-electron chi connectivity index (χ4n) is 3.08. The molecule has 34 heavy (non-hydrogen) atoms. The first kappa shape index (κ1) is 24.1. The van der Waals surface area contributed by atoms with Crippen LogP contribution in [0.3, 0.4) is 0 Å². The van der Waals surface area contributed by atoms with E-state index >= 15 is 0 Å². The summed E-state index contributed by atoms with van der Waals surface area (Å²) in [5.74, 6) is -0.206. The lowest BCUT2D eigenvalue weighted by Crippen LogP contribution is -2.12. The highest BCUT2D eigenvalue weighted by Crippen LogP contribution is 2.34. The highest BCUT2D eigenvalue weighted by atomic mass is 35.5. The Morgan fingerprint density at radius 1 is 0.794 bits per heavy atom. The number of alkyl halides is 3. The molecular formula is C22H13Cl2F3N4O2S. The van der Waals surface area contributed by atoms with Crippen molar-refractivity contribution in [1.82, 2.24) is 15.0 Å². The summed E-state index contributed by atoms with van der Waals surface area (Å²) in [6, 6.07) is 13.8. The van der Waals surface area contributed by atoms with Crippen molar-refractivity contribution in [3.8, 4) is 33.9 Å². The molecule has 6 nitrogen and oxygen atoms in total. The zero-order valence-corrected chi connectivity index (χ0v) is 19.2. The van der Waals surface area contributed by atoms with E-state index in [1.54, 1.807) is 6.07 Å². The minimum Gasteiger partial charge on any atom is -0.256 e. The van der Waals surface area contributed by atoms with Gasteiger partial charge in [0.2, 0.25) is 10.0 Å². The lowest BCUT2D eigenvalue weighted by molar-refractivity contribution is -0.141. The molecule has 0 aliphatic heterocycles. The van der Waals surface area contributed by atoms with Crippen molar-refractivity contribution in [2.24, 2.45) is 5.14 Å². The summed E-state index contributed by atoms with van der Waals surface area (Å²) in [6.07, 6.45) is -3.38. The van der Waals surface area contributed by atoms with E-state index < -0.39 is 21.9 Å². The van der Waals surface area contributed by atoms with Gasteiger partial charge in [-0.05, 0) is 42.5 Å². The molecule has 2 aromatic carbocycles. The molecule has 12 heteroatoms. The smallest absolute Gasteiger partial charge is 0.256 e. The molecule has 0 atom stereocenters. The van der Waals surface area contributed by atoms with Gasteiger partial charge in [-0.25, -0.2) is 23.5 Å². The zero-order chi connectivity index (χ0) is 24.7. The first-order chi connectivity index (χ1) is 15.9. The van der Waals surface area contributed by atoms with Crippen molar-refractivity contribution in [3.63, 3.8) is 0 Å². The predicted octanol–water partition coefficient (Wildman–Crippen LogP) is 5.85. The molecule has 2 aromatic heterocycles. The van der Waals surface area contributed by atoms with Gasteiger partial charge in [0.05, 0.1) is 26.3 Å². The van der Waals surface area contributed by atoms with Crippen molar-refractivity contribution < 1.29 is 21.6 Å². The van der Waals surface area contributed by atoms with E-state index in [1.807, 2.05) is 0 Å². The Balaban J connectivity index is 1.86. The number of hydrogen-bond acceptors (Lipinski definition) is 5. The second-order valence-electron chi connectivity index (χ2n) is 7.09. The van der Waals surface area contributed by atoms with Gasteiger partial charge < -0.3 is 0 Å². The van der Waals surface area contributed by atoms with Crippen molar-refractivity contribution in [2.75, 3.05) is 0 Å². The summed E-state index contributed by atoms with van der Waals surface area (Å²) in [7, 11) is -3.96. The van der Waals surface area contributed by atoms with Gasteiger partial charge in [-0.1, -0.05) is 41.4 Å². The molecule has 4 rings (SSSR count). The number of pyridine rings is 1. The first-order valence-electron chi connectivity index (χ1n) is 9.43. The quantitative estimate of drug-likeness (QED) is 0.361. The van der Waals surface area contributed by atoms with Crippen LogP contribution in [0, 0.1) is 0 Å². The molecule has 0 saturated heterocycles. The highest BCUT2D eigenvalue weighted by Gasteiger charge is 2.34. The van der Waals surface area contributed by atoms with Crippen LogP contribution in [0.4, 0.5) is 13.2 Å². The number of primary sulfonamides is 1. The van der Waals surface area contributed by atoms with Gasteiger partial charge in [-0.15, -0.1) is 0 Å². The maximum absolute atomic E-state index is 13.6. The van der Waals surface area contributed by atoms with Crippen LogP contribution in [-0.4, -0.2) is 23.4 Å². The van der Waals surface area contributed by atoms with Gasteiger partial charge >= 0.3 is 6.18 Å². The van der Waals surface area contributed by atoms with E-state index in [0.717, 1.165) is 6.07 Å². The van der Waals surface area contributed by atoms with Crippen LogP contribution < -0.4 is 5.14 Å². The van der Waals surface area contributed by atoms with Crippen LogP contribution in [0.5, 0.6) is 0 Å². The van der Waals surface area contributed by atoms with Gasteiger partial charge in [0.15, 0.2) is 5.82 Å². The van der Waals surface area contributed by atoms with Gasteiger partial charge in [0.25, 0.3) is 0 Å². The topological polar surface area (TPSA) is 98.8 Å². The Bertz CT molecular complexity index is 1510. The number of nitrogens with two attached hydrogens (primary N) is 1. The van der Waals surface area contributed by atoms with Crippen LogP contribution in [-0.2, 0) is 16.2 Å². The van der Waals surface area contributed by atoms with Crippen molar-refractivity contribution in [2.45, 2.75) is 11.1 Å². The summed E-state index contributed by atoms with van der Waals surface area (Å²) in [6.45, 7) is 0. The predicted molar refractivity (Wildman–Crippen MR) is 123 cm³/mol. The highest BCUT2D eigenvalue weighted by molar-refractivity contribution is 7.89. The third-order valence-electron chi connectivity index (χ3n) is 4.71. The second-order valence-corrected chi connectivity index (χ2v) is 9.47. The van der Waals surface area contributed by atoms with Gasteiger partial charge in [0, 0.05) is 22.9 Å². The first-order valence-corrected chi connectivity index (χ1v) is 11.7. The molecule has 2 heterocycles. The molecule has 0 aliphatic rings. The van der Waals surface area contributed by atoms with Crippen molar-refractivity contribution >= 4 is 33.2 Å². The molecule has 0 bridgehead atoms. The van der Waals surface area contributed by atoms with E-state index in [2.05, 4.69) is 15.0 Å². The van der Waals surface area contributed by atoms with Gasteiger partial charge in [-0.3, -0.25) is 4.98 Å². The molecule has 0 spiro atoms. The average Bonchev–Trinajstić information content (AvgIpc) is 2.79. The molecule has 0 fully saturated rings. The monoisotopic (exact) mass is 524 g/mol. The Morgan fingerprint density at radius 2 is 1.53 bits per heavy atom. The van der Waals surface area contributed by atoms with E-state index in [4.69, 9.17) is 28.3 Å². The maximum Gasteiger partial charge on any atom is 0.433 e. The molecular weight excluding hydrogens is 512 g/mol. The van der Waals surface area contributed by atoms with Crippen LogP contribution in [0.1, 0.15) is 5.69 Å². The summed E-state index contributed by atoms with van der Waals surface area (Å²) in [4.78, 5) is 12.0. The molecule has 2 N–H and O–H groups in total. The normalized spacial score (nSPS) is 12.1. The Morgan fingerprint density at radius 3 is 2.21 bits per heavy atom. The zero-order valence-electron chi connectivity index (χ0n) is 16.9. The largest absolute Gasteiger partial charge is 0.433 e. The standard InChI is InChI=1S/C22H13Cl2F3N4O2S/c23-16-5-4-13(9-17(16)24)19-11-20(22(25,26)27)31-21(30-19)14-6-7-29-18(10-14)12-2-1-3-15(8-12)34(28,32)33/h1-11H,(H2,28,32,33). The van der Waals surface area contributed by atoms with Gasteiger partial charge in [0.1, 0.15) is 5.69 Å². The third-order valence-corrected chi connectivity index (χ3v) is 6.36. The Kier molecular flexibility index (Phi) is 6.34. The molecule has 0 saturated carbocycles. The lowest BCUT2D eigenvalue weighted by atomic mass is 10.1. The Labute approximate surface area is 202 Å².